The number of rotatable bonds is 14. The van der Waals surface area contributed by atoms with E-state index in [1.165, 1.54) is 135 Å². The van der Waals surface area contributed by atoms with Crippen molar-refractivity contribution in [2.75, 3.05) is 0 Å². The van der Waals surface area contributed by atoms with Crippen molar-refractivity contribution in [2.24, 2.45) is 0 Å². The van der Waals surface area contributed by atoms with Crippen LogP contribution >= 0.6 is 11.3 Å². The molecule has 20 heteroatoms. The van der Waals surface area contributed by atoms with Crippen molar-refractivity contribution in [3.8, 4) is 55.6 Å². The Bertz CT molecular complexity index is 6090. The Hall–Kier alpha value is -10.1. The first-order valence-corrected chi connectivity index (χ1v) is 38.8. The number of carbonyl (C=O) groups is 2. The van der Waals surface area contributed by atoms with E-state index in [0.717, 1.165) is 73.8 Å². The predicted octanol–water partition coefficient (Wildman–Crippen LogP) is 25.9. The number of thiophene rings is 1. The summed E-state index contributed by atoms with van der Waals surface area (Å²) in [5.41, 5.74) is 11.5. The number of unbranched alkanes of at least 4 members (excludes halogenated alkanes) is 5. The molecule has 10 aromatic carbocycles. The first-order valence-electron chi connectivity index (χ1n) is 38.0. The molecule has 630 valence electrons. The Labute approximate surface area is 796 Å². The summed E-state index contributed by atoms with van der Waals surface area (Å²) in [6.07, 6.45) is 22.6. The van der Waals surface area contributed by atoms with Crippen LogP contribution in [0.1, 0.15) is 80.9 Å². The van der Waals surface area contributed by atoms with Crippen LogP contribution in [-0.2, 0) is 132 Å². The van der Waals surface area contributed by atoms with Crippen LogP contribution in [0.2, 0.25) is 0 Å². The number of carboxylic acid groups (broad SMARTS) is 1. The van der Waals surface area contributed by atoms with E-state index in [-0.39, 0.29) is 143 Å². The van der Waals surface area contributed by atoms with Crippen LogP contribution < -0.4 is 0 Å². The van der Waals surface area contributed by atoms with Gasteiger partial charge >= 0.3 is 5.97 Å². The van der Waals surface area contributed by atoms with Crippen LogP contribution in [0, 0.1) is 55.0 Å². The van der Waals surface area contributed by atoms with Crippen molar-refractivity contribution in [3.63, 3.8) is 0 Å². The summed E-state index contributed by atoms with van der Waals surface area (Å²) in [4.78, 5) is 51.0. The summed E-state index contributed by atoms with van der Waals surface area (Å²) in [6.45, 7) is 7.18. The number of halogens is 2. The van der Waals surface area contributed by atoms with E-state index in [2.05, 4.69) is 213 Å². The Morgan fingerprint density at radius 1 is 0.426 bits per heavy atom. The number of fused-ring (bicyclic) bond motifs is 7. The number of aliphatic hydroxyl groups excluding tert-OH is 1. The van der Waals surface area contributed by atoms with E-state index in [9.17, 15) is 18.4 Å². The standard InChI is InChI=1S/C23H26N.C16H12N.C15H10N.C13H8NS.C13H8N.C11H6F2N.C6H5NO2.C5H8O2.6Ir/c1-2-3-4-5-6-7-10-19-13-15-21(16-14-19)23-22-12-9-8-11-20(22)17-18-24-23;1-12-6-8-14(9-7-12)16-15-5-3-2-4-13(15)10-11-17-16;1-2-7-13(8-3-1)15-14-9-5-4-6-12(14)10-11-16-15;1-2-7-12-10(5-1)9-13(15-12)11-6-3-4-8-14-11;1-2-6-12-10(4-1)7-8-11-5-3-9-14-13(11)12;12-8-4-5-9(10(13)7-8)11-3-1-2-6-14-11;8-6(9)5-3-1-2-4-7-5;1-4(6)3-5(2)7;;;;;;/h8-9,11-15,17-18H,2-7,10H2,1H3;2-8,10-11H,1H3;1-7,9-11H;1-8H;1-5,7-9H;1-4,6-7H;1-4H,(H,8,9);3,6H,1-2H3;;;;;;/q6*-1;;;;;;;;. The number of hydrogen-bond acceptors (Lipinski definition) is 11. The number of aryl methyl sites for hydroxylation is 2. The van der Waals surface area contributed by atoms with Crippen molar-refractivity contribution in [2.45, 2.75) is 72.6 Å². The summed E-state index contributed by atoms with van der Waals surface area (Å²) in [7, 11) is 0. The zero-order valence-electron chi connectivity index (χ0n) is 66.7. The quantitative estimate of drug-likeness (QED) is 0.0350. The maximum absolute atomic E-state index is 13.2. The molecule has 0 atom stereocenters. The fraction of sp³-hybridized carbons (Fsp3) is 0.108. The molecule has 0 spiro atoms. The summed E-state index contributed by atoms with van der Waals surface area (Å²) in [5.74, 6) is -2.34. The first-order chi connectivity index (χ1) is 56.8. The number of ketones is 1. The third kappa shape index (κ3) is 31.4. The van der Waals surface area contributed by atoms with Gasteiger partial charge in [0.2, 0.25) is 0 Å². The van der Waals surface area contributed by atoms with E-state index in [4.69, 9.17) is 10.2 Å². The third-order valence-electron chi connectivity index (χ3n) is 17.9. The van der Waals surface area contributed by atoms with Gasteiger partial charge in [-0.2, -0.15) is 0 Å². The number of pyridine rings is 7. The van der Waals surface area contributed by atoms with E-state index in [1.807, 2.05) is 140 Å². The predicted molar refractivity (Wildman–Crippen MR) is 469 cm³/mol. The molecule has 18 aromatic rings. The van der Waals surface area contributed by atoms with Crippen LogP contribution in [0.5, 0.6) is 0 Å². The number of allylic oxidation sites excluding steroid dienone is 2. The average molecular weight is 2690 g/mol. The molecule has 0 amide bonds. The molecule has 0 saturated heterocycles. The monoisotopic (exact) mass is 2700 g/mol. The van der Waals surface area contributed by atoms with E-state index in [1.54, 1.807) is 47.9 Å². The van der Waals surface area contributed by atoms with Crippen LogP contribution in [0.25, 0.3) is 120 Å². The molecule has 18 rings (SSSR count). The number of aliphatic hydroxyl groups is 1. The summed E-state index contributed by atoms with van der Waals surface area (Å²) in [6, 6.07) is 111. The Balaban J connectivity index is 0.000000251. The average Bonchev–Trinajstić information content (AvgIpc) is 1.22. The molecule has 0 saturated carbocycles. The molecule has 0 bridgehead atoms. The van der Waals surface area contributed by atoms with Crippen LogP contribution in [0.3, 0.4) is 0 Å². The molecular formula is C102H83F2Ir6N7O4S-6. The van der Waals surface area contributed by atoms with Gasteiger partial charge in [-0.3, -0.25) is 13.6 Å². The molecule has 0 fully saturated rings. The van der Waals surface area contributed by atoms with Gasteiger partial charge in [0.05, 0.1) is 5.76 Å². The van der Waals surface area contributed by atoms with Gasteiger partial charge in [-0.25, -0.2) is 21.1 Å². The van der Waals surface area contributed by atoms with Gasteiger partial charge < -0.3 is 40.1 Å². The second kappa shape index (κ2) is 55.1. The smallest absolute Gasteiger partial charge is 0.354 e. The van der Waals surface area contributed by atoms with Gasteiger partial charge in [0.15, 0.2) is 5.78 Å². The van der Waals surface area contributed by atoms with Crippen LogP contribution in [0.15, 0.2) is 340 Å². The second-order valence-electron chi connectivity index (χ2n) is 26.5. The summed E-state index contributed by atoms with van der Waals surface area (Å²) < 4.78 is 27.1. The van der Waals surface area contributed by atoms with Crippen molar-refractivity contribution >= 4 is 87.2 Å². The molecule has 8 heterocycles. The normalized spacial score (nSPS) is 10.1. The van der Waals surface area contributed by atoms with Crippen molar-refractivity contribution in [3.05, 3.63) is 405 Å². The molecule has 122 heavy (non-hydrogen) atoms. The van der Waals surface area contributed by atoms with Gasteiger partial charge in [-0.15, -0.1) is 177 Å². The maximum atomic E-state index is 13.2. The minimum absolute atomic E-state index is 0. The maximum Gasteiger partial charge on any atom is 0.354 e. The Morgan fingerprint density at radius 2 is 0.934 bits per heavy atom. The third-order valence-corrected chi connectivity index (χ3v) is 19.0. The van der Waals surface area contributed by atoms with E-state index >= 15 is 0 Å². The largest absolute Gasteiger partial charge is 0.512 e. The number of carboxylic acids is 1. The van der Waals surface area contributed by atoms with Gasteiger partial charge in [-0.1, -0.05) is 204 Å². The Morgan fingerprint density at radius 3 is 1.44 bits per heavy atom. The number of benzene rings is 10. The van der Waals surface area contributed by atoms with Crippen molar-refractivity contribution in [1.29, 1.82) is 0 Å². The number of aromatic nitrogens is 7. The summed E-state index contributed by atoms with van der Waals surface area (Å²) in [5, 5.41) is 28.5. The number of carbonyl (C=O) groups excluding carboxylic acids is 1. The minimum Gasteiger partial charge on any atom is -0.512 e. The molecule has 0 aliphatic rings. The van der Waals surface area contributed by atoms with Crippen LogP contribution in [-0.4, -0.2) is 56.9 Å². The molecule has 0 unspecified atom stereocenters. The van der Waals surface area contributed by atoms with Gasteiger partial charge in [0, 0.05) is 187 Å². The molecule has 0 aliphatic heterocycles. The molecule has 2 N–H and O–H groups in total. The van der Waals surface area contributed by atoms with Crippen molar-refractivity contribution in [1.82, 2.24) is 34.9 Å². The second-order valence-corrected chi connectivity index (χ2v) is 27.6. The number of hydrogen-bond donors (Lipinski definition) is 2. The fourth-order valence-corrected chi connectivity index (χ4v) is 13.2. The molecular weight excluding hydrogens is 2610 g/mol. The molecule has 6 radical (unpaired) electrons. The summed E-state index contributed by atoms with van der Waals surface area (Å²) >= 11 is 1.73. The number of aromatic carboxylic acids is 1. The number of nitrogens with zero attached hydrogens (tertiary/aromatic N) is 7. The van der Waals surface area contributed by atoms with Gasteiger partial charge in [0.1, 0.15) is 5.69 Å². The van der Waals surface area contributed by atoms with Crippen LogP contribution in [0.4, 0.5) is 8.78 Å². The molecule has 8 aromatic heterocycles. The SMILES string of the molecule is CC(=O)C=C(C)O.CCCCCCCCc1c[c-]c(-c2nccc3ccccc23)cc1.Cc1c[c-]c(-c2nccc3ccccc23)cc1.Fc1c[c-]c(-c2ccccn2)c(F)c1.O=C(O)c1ccccn1.[Ir].[Ir].[Ir].[Ir].[Ir].[Ir].[c-]1c(-c2ccccn2)sc2ccccc12.[c-]1cccc2ccc3cccnc3c12.[c-]1ccccc1-c1nccc2ccccc12. The zero-order valence-corrected chi connectivity index (χ0v) is 81.9. The van der Waals surface area contributed by atoms with Crippen molar-refractivity contribution < 1.29 is 149 Å². The van der Waals surface area contributed by atoms with Gasteiger partial charge in [0.25, 0.3) is 0 Å². The van der Waals surface area contributed by atoms with E-state index in [0.29, 0.717) is 5.69 Å². The Kier molecular flexibility index (Phi) is 46.3. The molecule has 11 nitrogen and oxygen atoms in total. The molecule has 0 aliphatic carbocycles. The van der Waals surface area contributed by atoms with Gasteiger partial charge in [-0.05, 0) is 138 Å². The first kappa shape index (κ1) is 102. The fourth-order valence-electron chi connectivity index (χ4n) is 12.3. The van der Waals surface area contributed by atoms with E-state index < -0.39 is 17.6 Å². The topological polar surface area (TPSA) is 165 Å². The zero-order chi connectivity index (χ0) is 81.1. The minimum atomic E-state index is -0.990.